The van der Waals surface area contributed by atoms with E-state index in [1.54, 1.807) is 12.1 Å². The van der Waals surface area contributed by atoms with Gasteiger partial charge in [0.1, 0.15) is 5.82 Å². The summed E-state index contributed by atoms with van der Waals surface area (Å²) in [5.41, 5.74) is 6.66. The van der Waals surface area contributed by atoms with Crippen molar-refractivity contribution in [2.45, 2.75) is 13.0 Å². The van der Waals surface area contributed by atoms with Crippen LogP contribution in [-0.4, -0.2) is 37.0 Å². The molecule has 4 nitrogen and oxygen atoms in total. The smallest absolute Gasteiger partial charge is 0.221 e. The van der Waals surface area contributed by atoms with Gasteiger partial charge in [-0.25, -0.2) is 4.39 Å². The molecule has 1 aliphatic rings. The van der Waals surface area contributed by atoms with Crippen molar-refractivity contribution in [1.82, 2.24) is 10.2 Å². The molecule has 0 aliphatic carbocycles. The maximum absolute atomic E-state index is 13.6. The van der Waals surface area contributed by atoms with Gasteiger partial charge in [-0.1, -0.05) is 17.9 Å². The van der Waals surface area contributed by atoms with Crippen molar-refractivity contribution in [3.63, 3.8) is 0 Å². The van der Waals surface area contributed by atoms with Crippen molar-refractivity contribution in [1.29, 1.82) is 0 Å². The van der Waals surface area contributed by atoms with E-state index in [1.807, 2.05) is 0 Å². The molecule has 1 heterocycles. The van der Waals surface area contributed by atoms with Crippen molar-refractivity contribution in [3.8, 4) is 11.8 Å². The zero-order chi connectivity index (χ0) is 14.4. The molecule has 1 aliphatic heterocycles. The molecular weight excluding hydrogens is 257 g/mol. The summed E-state index contributed by atoms with van der Waals surface area (Å²) in [7, 11) is 0. The van der Waals surface area contributed by atoms with Crippen LogP contribution in [0.1, 0.15) is 17.5 Å². The second-order valence-corrected chi connectivity index (χ2v) is 4.70. The number of hydrogen-bond donors (Lipinski definition) is 2. The Morgan fingerprint density at radius 2 is 2.25 bits per heavy atom. The van der Waals surface area contributed by atoms with Gasteiger partial charge in [0, 0.05) is 32.6 Å². The first-order valence-electron chi connectivity index (χ1n) is 6.65. The zero-order valence-electron chi connectivity index (χ0n) is 11.3. The van der Waals surface area contributed by atoms with Gasteiger partial charge in [-0.05, 0) is 17.7 Å². The number of carbonyl (C=O) groups is 1. The van der Waals surface area contributed by atoms with Crippen molar-refractivity contribution < 1.29 is 9.18 Å². The maximum atomic E-state index is 13.6. The second kappa shape index (κ2) is 7.04. The molecule has 106 valence electrons. The normalized spacial score (nSPS) is 16.0. The van der Waals surface area contributed by atoms with E-state index in [2.05, 4.69) is 22.1 Å². The number of benzene rings is 1. The molecule has 1 fully saturated rings. The molecule has 0 radical (unpaired) electrons. The fraction of sp³-hybridized carbons (Fsp3) is 0.400. The molecule has 0 atom stereocenters. The standard InChI is InChI=1S/C15H18FN3O/c16-14-4-3-12(10-13(14)2-1-6-17)11-19-8-5-15(20)18-7-9-19/h3-4,10H,5-9,11,17H2,(H,18,20). The van der Waals surface area contributed by atoms with E-state index < -0.39 is 0 Å². The van der Waals surface area contributed by atoms with Gasteiger partial charge in [0.05, 0.1) is 12.1 Å². The summed E-state index contributed by atoms with van der Waals surface area (Å²) < 4.78 is 13.6. The molecule has 0 unspecified atom stereocenters. The van der Waals surface area contributed by atoms with Gasteiger partial charge in [0.25, 0.3) is 0 Å². The molecule has 0 saturated carbocycles. The minimum Gasteiger partial charge on any atom is -0.355 e. The zero-order valence-corrected chi connectivity index (χ0v) is 11.3. The van der Waals surface area contributed by atoms with Crippen LogP contribution in [0.25, 0.3) is 0 Å². The van der Waals surface area contributed by atoms with Crippen LogP contribution in [0, 0.1) is 17.7 Å². The van der Waals surface area contributed by atoms with E-state index in [9.17, 15) is 9.18 Å². The molecule has 20 heavy (non-hydrogen) atoms. The Labute approximate surface area is 118 Å². The highest BCUT2D eigenvalue weighted by molar-refractivity contribution is 5.76. The van der Waals surface area contributed by atoms with Crippen LogP contribution < -0.4 is 11.1 Å². The molecule has 1 aromatic carbocycles. The molecule has 1 amide bonds. The fourth-order valence-electron chi connectivity index (χ4n) is 2.14. The molecular formula is C15H18FN3O. The largest absolute Gasteiger partial charge is 0.355 e. The quantitative estimate of drug-likeness (QED) is 0.771. The van der Waals surface area contributed by atoms with E-state index in [0.29, 0.717) is 31.6 Å². The minimum absolute atomic E-state index is 0.0844. The summed E-state index contributed by atoms with van der Waals surface area (Å²) in [6.07, 6.45) is 0.501. The molecule has 0 bridgehead atoms. The first-order chi connectivity index (χ1) is 9.69. The van der Waals surface area contributed by atoms with Crippen LogP contribution in [-0.2, 0) is 11.3 Å². The summed E-state index contributed by atoms with van der Waals surface area (Å²) in [5.74, 6) is 5.15. The number of hydrogen-bond acceptors (Lipinski definition) is 3. The summed E-state index contributed by atoms with van der Waals surface area (Å²) in [6.45, 7) is 3.07. The molecule has 5 heteroatoms. The number of amides is 1. The highest BCUT2D eigenvalue weighted by atomic mass is 19.1. The van der Waals surface area contributed by atoms with Gasteiger partial charge in [-0.3, -0.25) is 9.69 Å². The van der Waals surface area contributed by atoms with Crippen LogP contribution in [0.4, 0.5) is 4.39 Å². The Bertz CT molecular complexity index is 548. The Balaban J connectivity index is 2.07. The number of nitrogens with one attached hydrogen (secondary N) is 1. The molecule has 0 aromatic heterocycles. The van der Waals surface area contributed by atoms with E-state index >= 15 is 0 Å². The minimum atomic E-state index is -0.331. The van der Waals surface area contributed by atoms with Crippen LogP contribution >= 0.6 is 0 Å². The van der Waals surface area contributed by atoms with Gasteiger partial charge in [0.2, 0.25) is 5.91 Å². The third kappa shape index (κ3) is 4.05. The predicted octanol–water partition coefficient (Wildman–Crippen LogP) is 0.458. The van der Waals surface area contributed by atoms with Crippen LogP contribution in [0.3, 0.4) is 0 Å². The summed E-state index contributed by atoms with van der Waals surface area (Å²) in [5, 5.41) is 2.83. The van der Waals surface area contributed by atoms with Crippen LogP contribution in [0.5, 0.6) is 0 Å². The Kier molecular flexibility index (Phi) is 5.10. The second-order valence-electron chi connectivity index (χ2n) is 4.70. The lowest BCUT2D eigenvalue weighted by Crippen LogP contribution is -2.28. The summed E-state index contributed by atoms with van der Waals surface area (Å²) in [6, 6.07) is 4.93. The SMILES string of the molecule is NCC#Cc1cc(CN2CCNC(=O)CC2)ccc1F. The van der Waals surface area contributed by atoms with Gasteiger partial charge < -0.3 is 11.1 Å². The molecule has 1 saturated heterocycles. The number of rotatable bonds is 2. The maximum Gasteiger partial charge on any atom is 0.221 e. The third-order valence-electron chi connectivity index (χ3n) is 3.17. The van der Waals surface area contributed by atoms with E-state index in [-0.39, 0.29) is 18.3 Å². The Morgan fingerprint density at radius 1 is 1.40 bits per heavy atom. The summed E-state index contributed by atoms with van der Waals surface area (Å²) >= 11 is 0. The van der Waals surface area contributed by atoms with Crippen molar-refractivity contribution in [3.05, 3.63) is 35.1 Å². The third-order valence-corrected chi connectivity index (χ3v) is 3.17. The van der Waals surface area contributed by atoms with Crippen molar-refractivity contribution >= 4 is 5.91 Å². The van der Waals surface area contributed by atoms with Gasteiger partial charge in [0.15, 0.2) is 0 Å². The monoisotopic (exact) mass is 275 g/mol. The molecule has 0 spiro atoms. The van der Waals surface area contributed by atoms with Crippen molar-refractivity contribution in [2.75, 3.05) is 26.2 Å². The topological polar surface area (TPSA) is 58.4 Å². The number of halogens is 1. The lowest BCUT2D eigenvalue weighted by molar-refractivity contribution is -0.120. The average Bonchev–Trinajstić information content (AvgIpc) is 2.64. The first-order valence-corrected chi connectivity index (χ1v) is 6.65. The first kappa shape index (κ1) is 14.5. The number of carbonyl (C=O) groups excluding carboxylic acids is 1. The molecule has 1 aromatic rings. The predicted molar refractivity (Wildman–Crippen MR) is 75.2 cm³/mol. The van der Waals surface area contributed by atoms with E-state index in [4.69, 9.17) is 5.73 Å². The lowest BCUT2D eigenvalue weighted by atomic mass is 10.1. The van der Waals surface area contributed by atoms with E-state index in [1.165, 1.54) is 6.07 Å². The Morgan fingerprint density at radius 3 is 3.05 bits per heavy atom. The van der Waals surface area contributed by atoms with Gasteiger partial charge >= 0.3 is 0 Å². The average molecular weight is 275 g/mol. The van der Waals surface area contributed by atoms with Crippen LogP contribution in [0.15, 0.2) is 18.2 Å². The van der Waals surface area contributed by atoms with Gasteiger partial charge in [-0.15, -0.1) is 0 Å². The van der Waals surface area contributed by atoms with Crippen molar-refractivity contribution in [2.24, 2.45) is 5.73 Å². The van der Waals surface area contributed by atoms with Gasteiger partial charge in [-0.2, -0.15) is 0 Å². The van der Waals surface area contributed by atoms with E-state index in [0.717, 1.165) is 12.1 Å². The molecule has 2 rings (SSSR count). The fourth-order valence-corrected chi connectivity index (χ4v) is 2.14. The molecule has 3 N–H and O–H groups in total. The lowest BCUT2D eigenvalue weighted by Gasteiger charge is -2.19. The summed E-state index contributed by atoms with van der Waals surface area (Å²) in [4.78, 5) is 13.5. The number of nitrogens with two attached hydrogens (primary N) is 1. The Hall–Kier alpha value is -1.90. The highest BCUT2D eigenvalue weighted by Crippen LogP contribution is 2.12. The van der Waals surface area contributed by atoms with Crippen LogP contribution in [0.2, 0.25) is 0 Å². The highest BCUT2D eigenvalue weighted by Gasteiger charge is 2.13. The number of nitrogens with zero attached hydrogens (tertiary/aromatic N) is 1.